The highest BCUT2D eigenvalue weighted by Gasteiger charge is 2.14. The number of hydrogen-bond donors (Lipinski definition) is 0. The van der Waals surface area contributed by atoms with Gasteiger partial charge in [0.2, 0.25) is 0 Å². The summed E-state index contributed by atoms with van der Waals surface area (Å²) in [5, 5.41) is 0.933. The molecule has 0 spiro atoms. The van der Waals surface area contributed by atoms with Gasteiger partial charge < -0.3 is 13.9 Å². The Kier molecular flexibility index (Phi) is 3.83. The van der Waals surface area contributed by atoms with Gasteiger partial charge in [-0.3, -0.25) is 4.79 Å². The summed E-state index contributed by atoms with van der Waals surface area (Å²) in [7, 11) is 1.54. The monoisotopic (exact) mass is 296 g/mol. The van der Waals surface area contributed by atoms with Crippen molar-refractivity contribution < 1.29 is 18.7 Å². The number of fused-ring (bicyclic) bond motifs is 1. The van der Waals surface area contributed by atoms with Crippen LogP contribution in [0.1, 0.15) is 11.1 Å². The molecule has 0 atom stereocenters. The zero-order valence-corrected chi connectivity index (χ0v) is 12.5. The zero-order valence-electron chi connectivity index (χ0n) is 12.5. The quantitative estimate of drug-likeness (QED) is 0.541. The molecule has 3 aromatic rings. The maximum atomic E-state index is 12.1. The molecule has 1 heterocycles. The number of rotatable bonds is 4. The largest absolute Gasteiger partial charge is 0.493 e. The van der Waals surface area contributed by atoms with E-state index in [0.29, 0.717) is 11.5 Å². The minimum Gasteiger partial charge on any atom is -0.493 e. The Labute approximate surface area is 128 Å². The first kappa shape index (κ1) is 14.2. The van der Waals surface area contributed by atoms with E-state index in [9.17, 15) is 4.79 Å². The first-order chi connectivity index (χ1) is 10.7. The highest BCUT2D eigenvalue weighted by atomic mass is 16.6. The molecule has 0 unspecified atom stereocenters. The molecule has 0 saturated heterocycles. The molecule has 0 aliphatic rings. The van der Waals surface area contributed by atoms with Crippen molar-refractivity contribution in [1.29, 1.82) is 0 Å². The summed E-state index contributed by atoms with van der Waals surface area (Å²) in [4.78, 5) is 12.1. The third kappa shape index (κ3) is 2.81. The van der Waals surface area contributed by atoms with E-state index in [1.807, 2.05) is 31.2 Å². The molecular formula is C18H16O4. The molecule has 1 aromatic heterocycles. The van der Waals surface area contributed by atoms with E-state index in [-0.39, 0.29) is 12.4 Å². The van der Waals surface area contributed by atoms with Gasteiger partial charge in [0.15, 0.2) is 11.5 Å². The van der Waals surface area contributed by atoms with Crippen LogP contribution in [0.3, 0.4) is 0 Å². The number of carbonyl (C=O) groups is 1. The minimum absolute atomic E-state index is 0.147. The molecule has 0 aliphatic carbocycles. The van der Waals surface area contributed by atoms with E-state index in [2.05, 4.69) is 0 Å². The average molecular weight is 296 g/mol. The van der Waals surface area contributed by atoms with E-state index in [0.717, 1.165) is 22.1 Å². The SMILES string of the molecule is COc1ccccc1OC(=O)Cc1coc2cc(C)ccc12. The molecule has 0 amide bonds. The van der Waals surface area contributed by atoms with E-state index in [4.69, 9.17) is 13.9 Å². The van der Waals surface area contributed by atoms with Crippen LogP contribution in [0.15, 0.2) is 53.1 Å². The Bertz CT molecular complexity index is 817. The summed E-state index contributed by atoms with van der Waals surface area (Å²) < 4.78 is 16.0. The van der Waals surface area contributed by atoms with E-state index >= 15 is 0 Å². The fourth-order valence-electron chi connectivity index (χ4n) is 2.34. The van der Waals surface area contributed by atoms with Crippen molar-refractivity contribution in [2.75, 3.05) is 7.11 Å². The lowest BCUT2D eigenvalue weighted by Crippen LogP contribution is -2.11. The van der Waals surface area contributed by atoms with Crippen molar-refractivity contribution in [3.05, 3.63) is 59.9 Å². The molecular weight excluding hydrogens is 280 g/mol. The smallest absolute Gasteiger partial charge is 0.315 e. The van der Waals surface area contributed by atoms with Crippen molar-refractivity contribution in [2.24, 2.45) is 0 Å². The molecule has 0 fully saturated rings. The van der Waals surface area contributed by atoms with Gasteiger partial charge in [-0.05, 0) is 30.7 Å². The lowest BCUT2D eigenvalue weighted by atomic mass is 10.1. The van der Waals surface area contributed by atoms with Crippen LogP contribution in [0.25, 0.3) is 11.0 Å². The lowest BCUT2D eigenvalue weighted by Gasteiger charge is -2.08. The van der Waals surface area contributed by atoms with Crippen LogP contribution < -0.4 is 9.47 Å². The first-order valence-electron chi connectivity index (χ1n) is 6.98. The number of aryl methyl sites for hydroxylation is 1. The third-order valence-electron chi connectivity index (χ3n) is 3.44. The van der Waals surface area contributed by atoms with Gasteiger partial charge in [0.05, 0.1) is 19.8 Å². The molecule has 3 rings (SSSR count). The van der Waals surface area contributed by atoms with Gasteiger partial charge in [-0.15, -0.1) is 0 Å². The number of ether oxygens (including phenoxy) is 2. The van der Waals surface area contributed by atoms with E-state index < -0.39 is 0 Å². The Balaban J connectivity index is 1.78. The van der Waals surface area contributed by atoms with Crippen molar-refractivity contribution in [3.63, 3.8) is 0 Å². The van der Waals surface area contributed by atoms with Crippen molar-refractivity contribution in [2.45, 2.75) is 13.3 Å². The fraction of sp³-hybridized carbons (Fsp3) is 0.167. The van der Waals surface area contributed by atoms with Crippen molar-refractivity contribution in [1.82, 2.24) is 0 Å². The van der Waals surface area contributed by atoms with Gasteiger partial charge in [-0.1, -0.05) is 24.3 Å². The second kappa shape index (κ2) is 5.93. The summed E-state index contributed by atoms with van der Waals surface area (Å²) in [6.07, 6.45) is 1.75. The van der Waals surface area contributed by atoms with E-state index in [1.54, 1.807) is 31.6 Å². The van der Waals surface area contributed by atoms with Crippen LogP contribution in [0.4, 0.5) is 0 Å². The molecule has 4 nitrogen and oxygen atoms in total. The van der Waals surface area contributed by atoms with Crippen LogP contribution in [0.5, 0.6) is 11.5 Å². The number of furan rings is 1. The highest BCUT2D eigenvalue weighted by molar-refractivity contribution is 5.86. The maximum absolute atomic E-state index is 12.1. The standard InChI is InChI=1S/C18H16O4/c1-12-7-8-14-13(11-21-17(14)9-12)10-18(19)22-16-6-4-3-5-15(16)20-2/h3-9,11H,10H2,1-2H3. The predicted molar refractivity (Wildman–Crippen MR) is 83.3 cm³/mol. The summed E-state index contributed by atoms with van der Waals surface area (Å²) in [5.41, 5.74) is 2.71. The molecule has 112 valence electrons. The molecule has 0 saturated carbocycles. The zero-order chi connectivity index (χ0) is 15.5. The summed E-state index contributed by atoms with van der Waals surface area (Å²) in [6.45, 7) is 2.00. The normalized spacial score (nSPS) is 10.6. The molecule has 0 aliphatic heterocycles. The van der Waals surface area contributed by atoms with Gasteiger partial charge in [0.25, 0.3) is 0 Å². The molecule has 0 N–H and O–H groups in total. The number of esters is 1. The van der Waals surface area contributed by atoms with Gasteiger partial charge >= 0.3 is 5.97 Å². The summed E-state index contributed by atoms with van der Waals surface area (Å²) in [5.74, 6) is 0.593. The van der Waals surface area contributed by atoms with Gasteiger partial charge in [-0.2, -0.15) is 0 Å². The van der Waals surface area contributed by atoms with Gasteiger partial charge in [0.1, 0.15) is 5.58 Å². The number of para-hydroxylation sites is 2. The maximum Gasteiger partial charge on any atom is 0.315 e. The average Bonchev–Trinajstić information content (AvgIpc) is 2.89. The molecule has 22 heavy (non-hydrogen) atoms. The number of benzene rings is 2. The predicted octanol–water partition coefficient (Wildman–Crippen LogP) is 3.90. The topological polar surface area (TPSA) is 48.7 Å². The highest BCUT2D eigenvalue weighted by Crippen LogP contribution is 2.27. The second-order valence-corrected chi connectivity index (χ2v) is 5.06. The molecule has 2 aromatic carbocycles. The van der Waals surface area contributed by atoms with Crippen molar-refractivity contribution in [3.8, 4) is 11.5 Å². The third-order valence-corrected chi connectivity index (χ3v) is 3.44. The molecule has 4 heteroatoms. The Morgan fingerprint density at radius 1 is 1.14 bits per heavy atom. The van der Waals surface area contributed by atoms with Crippen LogP contribution in [-0.4, -0.2) is 13.1 Å². The number of carbonyl (C=O) groups excluding carboxylic acids is 1. The number of hydrogen-bond acceptors (Lipinski definition) is 4. The van der Waals surface area contributed by atoms with Gasteiger partial charge in [-0.25, -0.2) is 0 Å². The first-order valence-corrected chi connectivity index (χ1v) is 6.98. The summed E-state index contributed by atoms with van der Waals surface area (Å²) in [6, 6.07) is 13.0. The minimum atomic E-state index is -0.354. The van der Waals surface area contributed by atoms with Crippen molar-refractivity contribution >= 4 is 16.9 Å². The second-order valence-electron chi connectivity index (χ2n) is 5.06. The van der Waals surface area contributed by atoms with Crippen LogP contribution in [0.2, 0.25) is 0 Å². The Morgan fingerprint density at radius 2 is 1.91 bits per heavy atom. The van der Waals surface area contributed by atoms with Gasteiger partial charge in [0, 0.05) is 10.9 Å². The number of methoxy groups -OCH3 is 1. The summed E-state index contributed by atoms with van der Waals surface area (Å²) >= 11 is 0. The molecule has 0 bridgehead atoms. The Morgan fingerprint density at radius 3 is 2.68 bits per heavy atom. The lowest BCUT2D eigenvalue weighted by molar-refractivity contribution is -0.133. The van der Waals surface area contributed by atoms with Crippen LogP contribution >= 0.6 is 0 Å². The van der Waals surface area contributed by atoms with Crippen LogP contribution in [0, 0.1) is 6.92 Å². The van der Waals surface area contributed by atoms with E-state index in [1.165, 1.54) is 0 Å². The fourth-order valence-corrected chi connectivity index (χ4v) is 2.34. The van der Waals surface area contributed by atoms with Crippen LogP contribution in [-0.2, 0) is 11.2 Å². The molecule has 0 radical (unpaired) electrons. The Hall–Kier alpha value is -2.75.